The number of Topliss-reactive ketones (excluding diaryl/α,β-unsaturated/α-hetero) is 2. The van der Waals surface area contributed by atoms with Crippen molar-refractivity contribution in [3.63, 3.8) is 0 Å². The minimum absolute atomic E-state index is 0. The van der Waals surface area contributed by atoms with Crippen molar-refractivity contribution in [2.24, 2.45) is 0 Å². The van der Waals surface area contributed by atoms with Crippen LogP contribution in [0.2, 0.25) is 0 Å². The molecule has 0 heterocycles. The van der Waals surface area contributed by atoms with E-state index >= 15 is 0 Å². The summed E-state index contributed by atoms with van der Waals surface area (Å²) in [6.45, 7) is 6.16. The van der Waals surface area contributed by atoms with Crippen molar-refractivity contribution in [2.45, 2.75) is 296 Å². The Morgan fingerprint density at radius 1 is 0.359 bits per heavy atom. The van der Waals surface area contributed by atoms with Gasteiger partial charge in [-0.1, -0.05) is 211 Å². The number of aliphatic carboxylic acids is 1. The van der Waals surface area contributed by atoms with Crippen LogP contribution in [0.5, 0.6) is 0 Å². The second-order valence-corrected chi connectivity index (χ2v) is 18.8. The van der Waals surface area contributed by atoms with Gasteiger partial charge in [0.2, 0.25) is 5.91 Å². The maximum atomic E-state index is 13.8. The SMILES string of the molecule is CCCCCCCC/C=C\CCCCCCCC(=O)C(C(=O)CCCCCCC/C=C\CCCCCCCC)N(CC(=O)O)C(=O)CCCCCCC/C=C\CCCCCCCC.[BiH3]. The van der Waals surface area contributed by atoms with Gasteiger partial charge >= 0.3 is 32.2 Å². The molecular weight excluding hydrogens is 988 g/mol. The predicted octanol–water partition coefficient (Wildman–Crippen LogP) is 16.3. The summed E-state index contributed by atoms with van der Waals surface area (Å²) in [6.07, 6.45) is 59.5. The van der Waals surface area contributed by atoms with Gasteiger partial charge in [-0.25, -0.2) is 0 Å². The van der Waals surface area contributed by atoms with Gasteiger partial charge in [-0.15, -0.1) is 0 Å². The first-order chi connectivity index (χ1) is 30.9. The monoisotopic (exact) mass is 1090 g/mol. The van der Waals surface area contributed by atoms with Crippen LogP contribution in [-0.2, 0) is 19.2 Å². The van der Waals surface area contributed by atoms with E-state index in [0.717, 1.165) is 101 Å². The Morgan fingerprint density at radius 2 is 0.594 bits per heavy atom. The number of carbonyl (C=O) groups is 4. The summed E-state index contributed by atoms with van der Waals surface area (Å²) in [5.74, 6) is -2.13. The standard InChI is InChI=1S/C57H103NO5.Bi.3H/c1-4-7-10-13-16-19-22-25-28-31-34-37-40-43-46-49-53(59)57(54(60)50-47-44-41-38-35-32-29-26-23-20-17-14-11-8-5-2)58(52-56(62)63)55(61)51-48-45-42-39-36-33-30-27-24-21-18-15-12-9-6-3;;;;/h25-30,57H,4-24,31-52H2,1-3H3,(H,62,63);;;;/b28-25-,29-26-,30-27-;;;;. The quantitative estimate of drug-likeness (QED) is 0.0284. The molecule has 0 spiro atoms. The van der Waals surface area contributed by atoms with Gasteiger partial charge in [0, 0.05) is 19.3 Å². The second-order valence-electron chi connectivity index (χ2n) is 18.8. The molecule has 1 amide bonds. The molecule has 0 fully saturated rings. The Morgan fingerprint density at radius 3 is 0.859 bits per heavy atom. The summed E-state index contributed by atoms with van der Waals surface area (Å²) >= 11 is 0. The molecule has 0 unspecified atom stereocenters. The third kappa shape index (κ3) is 44.2. The topological polar surface area (TPSA) is 91.8 Å². The number of carbonyl (C=O) groups excluding carboxylic acids is 3. The average molecular weight is 1090 g/mol. The molecule has 0 saturated carbocycles. The molecule has 0 saturated heterocycles. The van der Waals surface area contributed by atoms with Gasteiger partial charge in [0.15, 0.2) is 11.6 Å². The zero-order valence-electron chi connectivity index (χ0n) is 42.7. The van der Waals surface area contributed by atoms with Crippen LogP contribution >= 0.6 is 0 Å². The molecule has 0 aliphatic rings. The Kier molecular flexibility index (Phi) is 52.7. The molecule has 0 atom stereocenters. The molecule has 0 aliphatic heterocycles. The fourth-order valence-electron chi connectivity index (χ4n) is 8.50. The summed E-state index contributed by atoms with van der Waals surface area (Å²) < 4.78 is 0. The van der Waals surface area contributed by atoms with Crippen LogP contribution in [0.15, 0.2) is 36.5 Å². The first-order valence-corrected chi connectivity index (χ1v) is 27.4. The summed E-state index contributed by atoms with van der Waals surface area (Å²) in [6, 6.07) is -1.29. The van der Waals surface area contributed by atoms with Crippen LogP contribution in [0.3, 0.4) is 0 Å². The van der Waals surface area contributed by atoms with Gasteiger partial charge in [-0.2, -0.15) is 0 Å². The molecule has 0 aromatic carbocycles. The van der Waals surface area contributed by atoms with E-state index in [1.54, 1.807) is 0 Å². The number of carboxylic acids is 1. The van der Waals surface area contributed by atoms with Crippen molar-refractivity contribution in [3.05, 3.63) is 36.5 Å². The molecule has 7 heteroatoms. The normalized spacial score (nSPS) is 11.7. The van der Waals surface area contributed by atoms with E-state index in [2.05, 4.69) is 57.2 Å². The van der Waals surface area contributed by atoms with E-state index in [-0.39, 0.29) is 62.9 Å². The van der Waals surface area contributed by atoms with Gasteiger partial charge < -0.3 is 10.0 Å². The van der Waals surface area contributed by atoms with Gasteiger partial charge in [0.1, 0.15) is 12.6 Å². The van der Waals surface area contributed by atoms with Crippen molar-refractivity contribution in [1.29, 1.82) is 0 Å². The second kappa shape index (κ2) is 52.4. The zero-order valence-corrected chi connectivity index (χ0v) is 48.2. The first-order valence-electron chi connectivity index (χ1n) is 27.4. The number of allylic oxidation sites excluding steroid dienone is 6. The Labute approximate surface area is 416 Å². The zero-order chi connectivity index (χ0) is 46.1. The van der Waals surface area contributed by atoms with Crippen LogP contribution in [-0.4, -0.2) is 72.2 Å². The number of amides is 1. The maximum absolute atomic E-state index is 13.8. The molecule has 0 aliphatic carbocycles. The molecule has 6 nitrogen and oxygen atoms in total. The van der Waals surface area contributed by atoms with E-state index < -0.39 is 18.6 Å². The molecule has 0 bridgehead atoms. The minimum atomic E-state index is -1.29. The van der Waals surface area contributed by atoms with E-state index in [1.165, 1.54) is 135 Å². The Hall–Kier alpha value is -1.62. The van der Waals surface area contributed by atoms with Crippen molar-refractivity contribution >= 4 is 49.6 Å². The molecule has 0 rings (SSSR count). The van der Waals surface area contributed by atoms with Gasteiger partial charge in [-0.05, 0) is 96.3 Å². The van der Waals surface area contributed by atoms with Crippen LogP contribution < -0.4 is 0 Å². The summed E-state index contributed by atoms with van der Waals surface area (Å²) in [7, 11) is 0. The van der Waals surface area contributed by atoms with Gasteiger partial charge in [0.25, 0.3) is 0 Å². The van der Waals surface area contributed by atoms with Crippen molar-refractivity contribution in [1.82, 2.24) is 4.90 Å². The third-order valence-corrected chi connectivity index (χ3v) is 12.6. The predicted molar refractivity (Wildman–Crippen MR) is 281 cm³/mol. The number of carboxylic acid groups (broad SMARTS) is 1. The third-order valence-electron chi connectivity index (χ3n) is 12.6. The fraction of sp³-hybridized carbons (Fsp3) is 0.825. The average Bonchev–Trinajstić information content (AvgIpc) is 3.27. The van der Waals surface area contributed by atoms with E-state index in [0.29, 0.717) is 19.3 Å². The van der Waals surface area contributed by atoms with Crippen molar-refractivity contribution < 1.29 is 24.3 Å². The summed E-state index contributed by atoms with van der Waals surface area (Å²) in [5, 5.41) is 9.85. The Bertz CT molecular complexity index is 1100. The molecule has 0 aromatic rings. The van der Waals surface area contributed by atoms with Crippen LogP contribution in [0.25, 0.3) is 0 Å². The van der Waals surface area contributed by atoms with Crippen molar-refractivity contribution in [3.8, 4) is 0 Å². The van der Waals surface area contributed by atoms with Crippen LogP contribution in [0.4, 0.5) is 0 Å². The molecule has 1 N–H and O–H groups in total. The number of ketones is 2. The first kappa shape index (κ1) is 64.5. The molecule has 374 valence electrons. The Balaban J connectivity index is 0. The number of hydrogen-bond donors (Lipinski definition) is 1. The van der Waals surface area contributed by atoms with Gasteiger partial charge in [0.05, 0.1) is 0 Å². The van der Waals surface area contributed by atoms with E-state index in [1.807, 2.05) is 0 Å². The van der Waals surface area contributed by atoms with Crippen LogP contribution in [0, 0.1) is 0 Å². The molecule has 0 radical (unpaired) electrons. The van der Waals surface area contributed by atoms with E-state index in [9.17, 15) is 24.3 Å². The molecule has 0 aromatic heterocycles. The number of hydrogen-bond acceptors (Lipinski definition) is 4. The van der Waals surface area contributed by atoms with E-state index in [4.69, 9.17) is 0 Å². The molecular formula is C57H106BiNO5. The number of rotatable bonds is 50. The van der Waals surface area contributed by atoms with Crippen LogP contribution in [0.1, 0.15) is 290 Å². The number of unbranched alkanes of at least 4 members (excludes halogenated alkanes) is 33. The number of nitrogens with zero attached hydrogens (tertiary/aromatic N) is 1. The van der Waals surface area contributed by atoms with Gasteiger partial charge in [-0.3, -0.25) is 19.2 Å². The fourth-order valence-corrected chi connectivity index (χ4v) is 8.50. The summed E-state index contributed by atoms with van der Waals surface area (Å²) in [5.41, 5.74) is 0. The molecule has 64 heavy (non-hydrogen) atoms. The summed E-state index contributed by atoms with van der Waals surface area (Å²) in [4.78, 5) is 54.4. The van der Waals surface area contributed by atoms with Crippen molar-refractivity contribution in [2.75, 3.05) is 6.54 Å².